The molecule has 236 valence electrons. The highest BCUT2D eigenvalue weighted by atomic mass is 35.5. The van der Waals surface area contributed by atoms with Crippen LogP contribution in [0.4, 0.5) is 5.69 Å². The Morgan fingerprint density at radius 3 is 2.09 bits per heavy atom. The van der Waals surface area contributed by atoms with Gasteiger partial charge in [0.25, 0.3) is 10.0 Å². The normalized spacial score (nSPS) is 12.0. The van der Waals surface area contributed by atoms with Crippen molar-refractivity contribution < 1.29 is 22.7 Å². The second kappa shape index (κ2) is 15.3. The highest BCUT2D eigenvalue weighted by Gasteiger charge is 2.35. The van der Waals surface area contributed by atoms with Gasteiger partial charge in [-0.05, 0) is 67.4 Å². The van der Waals surface area contributed by atoms with Crippen LogP contribution in [-0.2, 0) is 32.6 Å². The first-order valence-electron chi connectivity index (χ1n) is 14.3. The summed E-state index contributed by atoms with van der Waals surface area (Å²) in [6.45, 7) is 3.07. The first-order valence-corrected chi connectivity index (χ1v) is 16.5. The van der Waals surface area contributed by atoms with Gasteiger partial charge in [0.2, 0.25) is 11.8 Å². The zero-order chi connectivity index (χ0) is 32.6. The number of hydrogen-bond acceptors (Lipinski definition) is 5. The molecule has 45 heavy (non-hydrogen) atoms. The zero-order valence-electron chi connectivity index (χ0n) is 25.2. The number of anilines is 1. The van der Waals surface area contributed by atoms with Gasteiger partial charge in [0, 0.05) is 24.0 Å². The lowest BCUT2D eigenvalue weighted by molar-refractivity contribution is -0.140. The van der Waals surface area contributed by atoms with Crippen LogP contribution in [0.15, 0.2) is 108 Å². The molecule has 8 nitrogen and oxygen atoms in total. The Hall–Kier alpha value is -4.05. The third-order valence-corrected chi connectivity index (χ3v) is 9.30. The molecule has 4 aromatic carbocycles. The van der Waals surface area contributed by atoms with Crippen molar-refractivity contribution in [1.29, 1.82) is 0 Å². The molecule has 0 fully saturated rings. The highest BCUT2D eigenvalue weighted by Crippen LogP contribution is 2.32. The Morgan fingerprint density at radius 2 is 1.49 bits per heavy atom. The fraction of sp³-hybridized carbons (Fsp3) is 0.235. The number of carbonyl (C=O) groups is 2. The van der Waals surface area contributed by atoms with Crippen LogP contribution in [-0.4, -0.2) is 50.9 Å². The highest BCUT2D eigenvalue weighted by molar-refractivity contribution is 7.92. The molecule has 0 aliphatic rings. The summed E-state index contributed by atoms with van der Waals surface area (Å²) in [5, 5.41) is 3.57. The lowest BCUT2D eigenvalue weighted by Gasteiger charge is -2.34. The monoisotopic (exact) mass is 667 g/mol. The van der Waals surface area contributed by atoms with Crippen molar-refractivity contribution in [3.05, 3.63) is 124 Å². The molecular weight excluding hydrogens is 633 g/mol. The van der Waals surface area contributed by atoms with E-state index in [1.807, 2.05) is 44.2 Å². The van der Waals surface area contributed by atoms with Gasteiger partial charge >= 0.3 is 0 Å². The molecule has 0 radical (unpaired) electrons. The molecule has 0 saturated heterocycles. The van der Waals surface area contributed by atoms with Gasteiger partial charge in [0.05, 0.1) is 22.7 Å². The third kappa shape index (κ3) is 8.78. The molecule has 0 heterocycles. The fourth-order valence-corrected chi connectivity index (χ4v) is 6.72. The van der Waals surface area contributed by atoms with E-state index >= 15 is 0 Å². The maximum atomic E-state index is 14.5. The van der Waals surface area contributed by atoms with E-state index in [1.54, 1.807) is 42.5 Å². The first-order chi connectivity index (χ1) is 21.5. The van der Waals surface area contributed by atoms with Crippen LogP contribution < -0.4 is 14.4 Å². The van der Waals surface area contributed by atoms with Gasteiger partial charge in [0.1, 0.15) is 18.3 Å². The largest absolute Gasteiger partial charge is 0.495 e. The third-order valence-electron chi connectivity index (χ3n) is 6.98. The summed E-state index contributed by atoms with van der Waals surface area (Å²) in [6, 6.07) is 27.5. The summed E-state index contributed by atoms with van der Waals surface area (Å²) >= 11 is 12.7. The number of nitrogens with zero attached hydrogens (tertiary/aromatic N) is 2. The van der Waals surface area contributed by atoms with Crippen molar-refractivity contribution in [1.82, 2.24) is 10.2 Å². The molecular formula is C34H35Cl2N3O5S. The Balaban J connectivity index is 1.82. The molecule has 2 amide bonds. The summed E-state index contributed by atoms with van der Waals surface area (Å²) in [5.41, 5.74) is 1.67. The van der Waals surface area contributed by atoms with E-state index in [0.29, 0.717) is 16.3 Å². The van der Waals surface area contributed by atoms with E-state index in [-0.39, 0.29) is 40.5 Å². The molecule has 0 spiro atoms. The quantitative estimate of drug-likeness (QED) is 0.179. The minimum atomic E-state index is -4.26. The predicted octanol–water partition coefficient (Wildman–Crippen LogP) is 6.36. The van der Waals surface area contributed by atoms with Crippen LogP contribution >= 0.6 is 23.2 Å². The van der Waals surface area contributed by atoms with Crippen molar-refractivity contribution in [2.45, 2.75) is 43.8 Å². The summed E-state index contributed by atoms with van der Waals surface area (Å²) in [7, 11) is -2.81. The van der Waals surface area contributed by atoms with Gasteiger partial charge in [-0.25, -0.2) is 8.42 Å². The number of amides is 2. The fourth-order valence-electron chi connectivity index (χ4n) is 4.83. The number of rotatable bonds is 13. The minimum Gasteiger partial charge on any atom is -0.495 e. The first kappa shape index (κ1) is 33.8. The molecule has 1 N–H and O–H groups in total. The van der Waals surface area contributed by atoms with Crippen LogP contribution in [0.3, 0.4) is 0 Å². The van der Waals surface area contributed by atoms with E-state index in [4.69, 9.17) is 27.9 Å². The molecule has 1 atom stereocenters. The van der Waals surface area contributed by atoms with Gasteiger partial charge in [-0.1, -0.05) is 83.9 Å². The summed E-state index contributed by atoms with van der Waals surface area (Å²) in [5.74, 6) is -0.616. The number of hydrogen-bond donors (Lipinski definition) is 1. The summed E-state index contributed by atoms with van der Waals surface area (Å²) < 4.78 is 34.4. The molecule has 0 aliphatic carbocycles. The van der Waals surface area contributed by atoms with Crippen LogP contribution in [0.1, 0.15) is 25.0 Å². The van der Waals surface area contributed by atoms with Gasteiger partial charge in [0.15, 0.2) is 0 Å². The van der Waals surface area contributed by atoms with Crippen molar-refractivity contribution in [3.63, 3.8) is 0 Å². The topological polar surface area (TPSA) is 96.0 Å². The maximum absolute atomic E-state index is 14.5. The lowest BCUT2D eigenvalue weighted by atomic mass is 10.0. The van der Waals surface area contributed by atoms with Crippen molar-refractivity contribution in [2.75, 3.05) is 18.0 Å². The Labute approximate surface area is 274 Å². The Morgan fingerprint density at radius 1 is 0.844 bits per heavy atom. The van der Waals surface area contributed by atoms with E-state index < -0.39 is 28.5 Å². The van der Waals surface area contributed by atoms with Crippen LogP contribution in [0, 0.1) is 0 Å². The van der Waals surface area contributed by atoms with E-state index in [2.05, 4.69) is 5.32 Å². The van der Waals surface area contributed by atoms with E-state index in [1.165, 1.54) is 42.3 Å². The van der Waals surface area contributed by atoms with E-state index in [0.717, 1.165) is 9.87 Å². The number of nitrogens with one attached hydrogen (secondary N) is 1. The summed E-state index contributed by atoms with van der Waals surface area (Å²) in [4.78, 5) is 29.6. The van der Waals surface area contributed by atoms with Crippen molar-refractivity contribution in [3.8, 4) is 5.75 Å². The van der Waals surface area contributed by atoms with Crippen molar-refractivity contribution in [2.24, 2.45) is 0 Å². The second-order valence-electron chi connectivity index (χ2n) is 10.7. The van der Waals surface area contributed by atoms with Crippen LogP contribution in [0.2, 0.25) is 10.0 Å². The van der Waals surface area contributed by atoms with Gasteiger partial charge < -0.3 is 15.0 Å². The van der Waals surface area contributed by atoms with Gasteiger partial charge in [-0.15, -0.1) is 0 Å². The molecule has 0 unspecified atom stereocenters. The Kier molecular flexibility index (Phi) is 11.5. The maximum Gasteiger partial charge on any atom is 0.264 e. The predicted molar refractivity (Wildman–Crippen MR) is 178 cm³/mol. The molecule has 4 rings (SSSR count). The number of halogens is 2. The molecule has 11 heteroatoms. The number of benzene rings is 4. The van der Waals surface area contributed by atoms with Crippen molar-refractivity contribution >= 4 is 50.7 Å². The number of sulfonamides is 1. The van der Waals surface area contributed by atoms with Crippen LogP contribution in [0.25, 0.3) is 0 Å². The molecule has 0 aromatic heterocycles. The molecule has 0 aliphatic heterocycles. The minimum absolute atomic E-state index is 0.00496. The average Bonchev–Trinajstić information content (AvgIpc) is 3.02. The molecule has 0 bridgehead atoms. The lowest BCUT2D eigenvalue weighted by Crippen LogP contribution is -2.54. The average molecular weight is 669 g/mol. The number of methoxy groups -OCH3 is 1. The molecule has 4 aromatic rings. The van der Waals surface area contributed by atoms with E-state index in [9.17, 15) is 18.0 Å². The Bertz CT molecular complexity index is 1720. The number of ether oxygens (including phenoxy) is 1. The second-order valence-corrected chi connectivity index (χ2v) is 13.4. The number of carbonyl (C=O) groups excluding carboxylic acids is 2. The van der Waals surface area contributed by atoms with Gasteiger partial charge in [-0.2, -0.15) is 0 Å². The molecule has 0 saturated carbocycles. The van der Waals surface area contributed by atoms with Gasteiger partial charge in [-0.3, -0.25) is 13.9 Å². The smallest absolute Gasteiger partial charge is 0.264 e. The SMILES string of the molecule is COc1ccc(N(CC(=O)N(Cc2cccc(Cl)c2)[C@H](Cc2ccccc2)C(=O)NC(C)C)S(=O)(=O)c2ccccc2)cc1Cl. The summed E-state index contributed by atoms with van der Waals surface area (Å²) in [6.07, 6.45) is 0.200. The van der Waals surface area contributed by atoms with Crippen LogP contribution in [0.5, 0.6) is 5.75 Å². The zero-order valence-corrected chi connectivity index (χ0v) is 27.5. The standard InChI is InChI=1S/C34H35Cl2N3O5S/c1-24(2)37-34(41)31(20-25-11-6-4-7-12-25)38(22-26-13-10-14-27(35)19-26)33(40)23-39(28-17-18-32(44-3)30(36)21-28)45(42,43)29-15-8-5-9-16-29/h4-19,21,24,31H,20,22-23H2,1-3H3,(H,37,41)/t31-/m1/s1.